The van der Waals surface area contributed by atoms with Crippen molar-refractivity contribution >= 4 is 29.4 Å². The smallest absolute Gasteiger partial charge is 0.332 e. The number of benzene rings is 1. The molecule has 0 radical (unpaired) electrons. The van der Waals surface area contributed by atoms with Crippen LogP contribution in [0.2, 0.25) is 0 Å². The number of amides is 3. The van der Waals surface area contributed by atoms with Crippen molar-refractivity contribution in [2.45, 2.75) is 31.7 Å². The molecule has 0 saturated carbocycles. The molecule has 4 rings (SSSR count). The molecule has 0 spiro atoms. The normalized spacial score (nSPS) is 22.6. The average molecular weight is 355 g/mol. The topological polar surface area (TPSA) is 66.7 Å². The van der Waals surface area contributed by atoms with Crippen molar-refractivity contribution in [2.24, 2.45) is 0 Å². The number of thioether (sulfide) groups is 1. The summed E-state index contributed by atoms with van der Waals surface area (Å²) in [4.78, 5) is 29.1. The van der Waals surface area contributed by atoms with E-state index in [2.05, 4.69) is 5.16 Å². The van der Waals surface area contributed by atoms with Crippen molar-refractivity contribution < 1.29 is 14.1 Å². The second-order valence-corrected chi connectivity index (χ2v) is 7.15. The van der Waals surface area contributed by atoms with Gasteiger partial charge >= 0.3 is 6.03 Å². The Morgan fingerprint density at radius 3 is 2.64 bits per heavy atom. The molecular weight excluding hydrogens is 338 g/mol. The van der Waals surface area contributed by atoms with E-state index in [-0.39, 0.29) is 23.2 Å². The van der Waals surface area contributed by atoms with Crippen molar-refractivity contribution in [2.75, 3.05) is 4.90 Å². The van der Waals surface area contributed by atoms with Crippen LogP contribution in [0.5, 0.6) is 0 Å². The number of carbonyl (C=O) groups excluding carboxylic acids is 2. The molecule has 0 bridgehead atoms. The van der Waals surface area contributed by atoms with Crippen LogP contribution in [0.4, 0.5) is 10.5 Å². The molecule has 2 unspecified atom stereocenters. The Hall–Kier alpha value is -2.54. The van der Waals surface area contributed by atoms with Gasteiger partial charge in [0.1, 0.15) is 11.0 Å². The van der Waals surface area contributed by atoms with Gasteiger partial charge < -0.3 is 9.42 Å². The van der Waals surface area contributed by atoms with E-state index in [1.165, 1.54) is 16.7 Å². The van der Waals surface area contributed by atoms with Gasteiger partial charge in [0, 0.05) is 5.56 Å². The maximum Gasteiger partial charge on any atom is 0.332 e. The van der Waals surface area contributed by atoms with Gasteiger partial charge in [0.25, 0.3) is 5.91 Å². The first-order valence-corrected chi connectivity index (χ1v) is 8.95. The van der Waals surface area contributed by atoms with E-state index in [1.807, 2.05) is 43.5 Å². The van der Waals surface area contributed by atoms with E-state index in [0.29, 0.717) is 18.0 Å². The summed E-state index contributed by atoms with van der Waals surface area (Å²) in [7, 11) is 0. The molecule has 1 saturated heterocycles. The lowest BCUT2D eigenvalue weighted by molar-refractivity contribution is -0.119. The number of anilines is 1. The fraction of sp³-hybridized carbons (Fsp3) is 0.278. The minimum Gasteiger partial charge on any atom is -0.361 e. The van der Waals surface area contributed by atoms with Gasteiger partial charge in [-0.2, -0.15) is 0 Å². The minimum atomic E-state index is -0.321. The number of aryl methyl sites for hydroxylation is 2. The number of fused-ring (bicyclic) bond motifs is 1. The van der Waals surface area contributed by atoms with Crippen LogP contribution in [0.1, 0.15) is 17.0 Å². The number of carbonyl (C=O) groups is 2. The van der Waals surface area contributed by atoms with E-state index in [4.69, 9.17) is 4.52 Å². The molecule has 2 aliphatic heterocycles. The monoisotopic (exact) mass is 355 g/mol. The van der Waals surface area contributed by atoms with Crippen LogP contribution in [0.25, 0.3) is 0 Å². The Labute approximate surface area is 149 Å². The number of urea groups is 1. The molecule has 0 N–H and O–H groups in total. The third-order valence-electron chi connectivity index (χ3n) is 4.60. The lowest BCUT2D eigenvalue weighted by atomic mass is 10.1. The number of hydrogen-bond donors (Lipinski definition) is 0. The molecule has 2 aliphatic rings. The SMILES string of the molecule is Cc1noc(C)c1CN1C(=O)N(c2ccccc2)C(=O)C2SC=CC21. The van der Waals surface area contributed by atoms with Crippen LogP contribution in [-0.4, -0.2) is 33.3 Å². The molecule has 2 atom stereocenters. The zero-order valence-electron chi connectivity index (χ0n) is 13.9. The molecule has 128 valence electrons. The molecule has 3 heterocycles. The number of rotatable bonds is 3. The quantitative estimate of drug-likeness (QED) is 0.845. The van der Waals surface area contributed by atoms with Gasteiger partial charge in [-0.05, 0) is 31.4 Å². The Morgan fingerprint density at radius 1 is 1.20 bits per heavy atom. The number of hydrogen-bond acceptors (Lipinski definition) is 5. The highest BCUT2D eigenvalue weighted by Gasteiger charge is 2.48. The van der Waals surface area contributed by atoms with Crippen LogP contribution in [0.3, 0.4) is 0 Å². The summed E-state index contributed by atoms with van der Waals surface area (Å²) < 4.78 is 5.22. The Balaban J connectivity index is 1.73. The van der Waals surface area contributed by atoms with E-state index < -0.39 is 0 Å². The van der Waals surface area contributed by atoms with Gasteiger partial charge in [-0.25, -0.2) is 9.69 Å². The standard InChI is InChI=1S/C18H17N3O3S/c1-11-14(12(2)24-19-11)10-20-15-8-9-25-16(15)17(22)21(18(20)23)13-6-4-3-5-7-13/h3-9,15-16H,10H2,1-2H3. The predicted molar refractivity (Wildman–Crippen MR) is 95.2 cm³/mol. The van der Waals surface area contributed by atoms with Crippen molar-refractivity contribution in [1.29, 1.82) is 0 Å². The molecule has 25 heavy (non-hydrogen) atoms. The number of imide groups is 1. The van der Waals surface area contributed by atoms with Gasteiger partial charge in [-0.3, -0.25) is 4.79 Å². The van der Waals surface area contributed by atoms with Gasteiger partial charge in [0.15, 0.2) is 0 Å². The summed E-state index contributed by atoms with van der Waals surface area (Å²) in [5.74, 6) is 0.519. The fourth-order valence-corrected chi connectivity index (χ4v) is 4.27. The summed E-state index contributed by atoms with van der Waals surface area (Å²) in [5.41, 5.74) is 2.24. The molecule has 0 aliphatic carbocycles. The fourth-order valence-electron chi connectivity index (χ4n) is 3.23. The van der Waals surface area contributed by atoms with Crippen molar-refractivity contribution in [3.8, 4) is 0 Å². The average Bonchev–Trinajstić information content (AvgIpc) is 3.21. The summed E-state index contributed by atoms with van der Waals surface area (Å²) in [5, 5.41) is 5.54. The highest BCUT2D eigenvalue weighted by molar-refractivity contribution is 8.03. The summed E-state index contributed by atoms with van der Waals surface area (Å²) in [6, 6.07) is 8.48. The molecule has 1 aromatic carbocycles. The van der Waals surface area contributed by atoms with Crippen LogP contribution < -0.4 is 4.90 Å². The molecule has 6 nitrogen and oxygen atoms in total. The van der Waals surface area contributed by atoms with Crippen LogP contribution in [0.15, 0.2) is 46.3 Å². The first-order valence-electron chi connectivity index (χ1n) is 8.01. The lowest BCUT2D eigenvalue weighted by Gasteiger charge is -2.41. The van der Waals surface area contributed by atoms with E-state index >= 15 is 0 Å². The van der Waals surface area contributed by atoms with E-state index in [0.717, 1.165) is 11.3 Å². The van der Waals surface area contributed by atoms with E-state index in [9.17, 15) is 9.59 Å². The zero-order valence-corrected chi connectivity index (χ0v) is 14.7. The summed E-state index contributed by atoms with van der Waals surface area (Å²) >= 11 is 1.45. The largest absolute Gasteiger partial charge is 0.361 e. The minimum absolute atomic E-state index is 0.175. The highest BCUT2D eigenvalue weighted by Crippen LogP contribution is 2.37. The molecule has 1 aromatic heterocycles. The molecule has 7 heteroatoms. The zero-order chi connectivity index (χ0) is 17.6. The van der Waals surface area contributed by atoms with Crippen molar-refractivity contribution in [1.82, 2.24) is 10.1 Å². The van der Waals surface area contributed by atoms with Gasteiger partial charge in [-0.1, -0.05) is 29.4 Å². The van der Waals surface area contributed by atoms with Crippen molar-refractivity contribution in [3.05, 3.63) is 58.8 Å². The number of para-hydroxylation sites is 1. The third-order valence-corrected chi connectivity index (χ3v) is 5.68. The van der Waals surface area contributed by atoms with Crippen LogP contribution >= 0.6 is 11.8 Å². The van der Waals surface area contributed by atoms with Gasteiger partial charge in [-0.15, -0.1) is 11.8 Å². The second kappa shape index (κ2) is 6.07. The maximum absolute atomic E-state index is 13.2. The Morgan fingerprint density at radius 2 is 1.96 bits per heavy atom. The third kappa shape index (κ3) is 2.55. The molecular formula is C18H17N3O3S. The predicted octanol–water partition coefficient (Wildman–Crippen LogP) is 3.26. The maximum atomic E-state index is 13.2. The number of nitrogens with zero attached hydrogens (tertiary/aromatic N) is 3. The van der Waals surface area contributed by atoms with Crippen LogP contribution in [-0.2, 0) is 11.3 Å². The summed E-state index contributed by atoms with van der Waals surface area (Å²) in [6.07, 6.45) is 1.92. The second-order valence-electron chi connectivity index (χ2n) is 6.10. The first-order chi connectivity index (χ1) is 12.1. The molecule has 2 aromatic rings. The van der Waals surface area contributed by atoms with Crippen LogP contribution in [0, 0.1) is 13.8 Å². The molecule has 3 amide bonds. The van der Waals surface area contributed by atoms with Crippen molar-refractivity contribution in [3.63, 3.8) is 0 Å². The lowest BCUT2D eigenvalue weighted by Crippen LogP contribution is -2.61. The molecule has 1 fully saturated rings. The highest BCUT2D eigenvalue weighted by atomic mass is 32.2. The first kappa shape index (κ1) is 16.0. The summed E-state index contributed by atoms with van der Waals surface area (Å²) in [6.45, 7) is 4.06. The van der Waals surface area contributed by atoms with E-state index in [1.54, 1.807) is 17.0 Å². The van der Waals surface area contributed by atoms with Gasteiger partial charge in [0.2, 0.25) is 0 Å². The van der Waals surface area contributed by atoms with Gasteiger partial charge in [0.05, 0.1) is 24.0 Å². The Bertz CT molecular complexity index is 842. The Kier molecular flexibility index (Phi) is 3.88. The number of aromatic nitrogens is 1.